The van der Waals surface area contributed by atoms with Crippen LogP contribution in [-0.4, -0.2) is 5.11 Å². The second-order valence-electron chi connectivity index (χ2n) is 8.09. The molecule has 3 aromatic rings. The van der Waals surface area contributed by atoms with Crippen molar-refractivity contribution in [2.24, 2.45) is 5.92 Å². The van der Waals surface area contributed by atoms with E-state index in [1.807, 2.05) is 48.5 Å². The smallest absolute Gasteiger partial charge is 0.343 e. The molecule has 1 N–H and O–H groups in total. The molecule has 3 nitrogen and oxygen atoms in total. The van der Waals surface area contributed by atoms with Crippen LogP contribution in [0, 0.1) is 5.92 Å². The minimum Gasteiger partial charge on any atom is -0.507 e. The van der Waals surface area contributed by atoms with Crippen LogP contribution < -0.4 is 5.63 Å². The maximum Gasteiger partial charge on any atom is 0.343 e. The molecule has 4 rings (SSSR count). The van der Waals surface area contributed by atoms with E-state index in [9.17, 15) is 9.90 Å². The number of benzene rings is 2. The molecule has 0 radical (unpaired) electrons. The zero-order valence-corrected chi connectivity index (χ0v) is 16.9. The van der Waals surface area contributed by atoms with E-state index in [4.69, 9.17) is 4.42 Å². The van der Waals surface area contributed by atoms with E-state index in [2.05, 4.69) is 19.1 Å². The van der Waals surface area contributed by atoms with Crippen molar-refractivity contribution in [2.45, 2.75) is 50.9 Å². The largest absolute Gasteiger partial charge is 0.507 e. The molecule has 0 amide bonds. The molecule has 1 aliphatic carbocycles. The molecular formula is C26H28O3. The highest BCUT2D eigenvalue weighted by Crippen LogP contribution is 2.47. The van der Waals surface area contributed by atoms with Crippen molar-refractivity contribution in [3.05, 3.63) is 99.6 Å². The summed E-state index contributed by atoms with van der Waals surface area (Å²) in [6, 6.07) is 22.0. The van der Waals surface area contributed by atoms with Crippen LogP contribution in [0.15, 0.2) is 75.9 Å². The molecule has 1 heterocycles. The second kappa shape index (κ2) is 8.69. The SMILES string of the molecule is CCC(CCc1ccccc1)c1cc(O)c(C(c2ccccc2)C2CC2)c(=O)o1. The normalized spacial score (nSPS) is 15.8. The molecule has 1 saturated carbocycles. The fraction of sp³-hybridized carbons (Fsp3) is 0.346. The van der Waals surface area contributed by atoms with Crippen LogP contribution in [0.2, 0.25) is 0 Å². The molecule has 29 heavy (non-hydrogen) atoms. The van der Waals surface area contributed by atoms with Gasteiger partial charge in [-0.25, -0.2) is 4.79 Å². The van der Waals surface area contributed by atoms with Gasteiger partial charge in [-0.1, -0.05) is 67.6 Å². The fourth-order valence-electron chi connectivity index (χ4n) is 4.29. The first-order chi connectivity index (χ1) is 14.2. The van der Waals surface area contributed by atoms with Gasteiger partial charge >= 0.3 is 5.63 Å². The lowest BCUT2D eigenvalue weighted by molar-refractivity contribution is 0.373. The third-order valence-corrected chi connectivity index (χ3v) is 6.07. The van der Waals surface area contributed by atoms with Gasteiger partial charge in [0.1, 0.15) is 11.5 Å². The van der Waals surface area contributed by atoms with Gasteiger partial charge in [-0.05, 0) is 49.1 Å². The van der Waals surface area contributed by atoms with E-state index in [0.29, 0.717) is 17.2 Å². The molecule has 1 aromatic heterocycles. The molecule has 2 unspecified atom stereocenters. The van der Waals surface area contributed by atoms with Gasteiger partial charge < -0.3 is 9.52 Å². The quantitative estimate of drug-likeness (QED) is 0.514. The monoisotopic (exact) mass is 388 g/mol. The Labute approximate surface area is 172 Å². The molecular weight excluding hydrogens is 360 g/mol. The van der Waals surface area contributed by atoms with E-state index >= 15 is 0 Å². The molecule has 1 aliphatic rings. The summed E-state index contributed by atoms with van der Waals surface area (Å²) < 4.78 is 5.80. The first-order valence-electron chi connectivity index (χ1n) is 10.6. The van der Waals surface area contributed by atoms with E-state index < -0.39 is 0 Å². The van der Waals surface area contributed by atoms with Crippen molar-refractivity contribution in [2.75, 3.05) is 0 Å². The van der Waals surface area contributed by atoms with Crippen molar-refractivity contribution in [3.63, 3.8) is 0 Å². The summed E-state index contributed by atoms with van der Waals surface area (Å²) in [6.07, 6.45) is 4.82. The van der Waals surface area contributed by atoms with Crippen LogP contribution in [0.5, 0.6) is 5.75 Å². The van der Waals surface area contributed by atoms with Crippen molar-refractivity contribution in [3.8, 4) is 5.75 Å². The van der Waals surface area contributed by atoms with Crippen molar-refractivity contribution >= 4 is 0 Å². The second-order valence-corrected chi connectivity index (χ2v) is 8.09. The Bertz CT molecular complexity index is 987. The number of rotatable bonds is 8. The van der Waals surface area contributed by atoms with Crippen LogP contribution in [0.3, 0.4) is 0 Å². The molecule has 0 saturated heterocycles. The Kier molecular flexibility index (Phi) is 5.84. The van der Waals surface area contributed by atoms with Crippen LogP contribution in [0.1, 0.15) is 66.9 Å². The van der Waals surface area contributed by atoms with E-state index in [1.165, 1.54) is 5.56 Å². The van der Waals surface area contributed by atoms with Gasteiger partial charge in [0.2, 0.25) is 0 Å². The first kappa shape index (κ1) is 19.5. The van der Waals surface area contributed by atoms with Gasteiger partial charge in [-0.3, -0.25) is 0 Å². The van der Waals surface area contributed by atoms with Crippen LogP contribution in [0.4, 0.5) is 0 Å². The summed E-state index contributed by atoms with van der Waals surface area (Å²) >= 11 is 0. The predicted molar refractivity (Wildman–Crippen MR) is 115 cm³/mol. The third-order valence-electron chi connectivity index (χ3n) is 6.07. The molecule has 1 fully saturated rings. The van der Waals surface area contributed by atoms with Gasteiger partial charge in [0, 0.05) is 17.9 Å². The Morgan fingerprint density at radius 1 is 1.03 bits per heavy atom. The number of hydrogen-bond donors (Lipinski definition) is 1. The average Bonchev–Trinajstić information content (AvgIpc) is 3.57. The number of hydrogen-bond acceptors (Lipinski definition) is 3. The van der Waals surface area contributed by atoms with Crippen molar-refractivity contribution < 1.29 is 9.52 Å². The van der Waals surface area contributed by atoms with Gasteiger partial charge in [-0.15, -0.1) is 0 Å². The summed E-state index contributed by atoms with van der Waals surface area (Å²) in [5, 5.41) is 10.9. The topological polar surface area (TPSA) is 50.4 Å². The highest BCUT2D eigenvalue weighted by Gasteiger charge is 2.37. The van der Waals surface area contributed by atoms with Gasteiger partial charge in [-0.2, -0.15) is 0 Å². The maximum atomic E-state index is 13.0. The Hall–Kier alpha value is -2.81. The fourth-order valence-corrected chi connectivity index (χ4v) is 4.29. The molecule has 0 bridgehead atoms. The number of aromatic hydroxyl groups is 1. The molecule has 0 aliphatic heterocycles. The minimum atomic E-state index is -0.390. The summed E-state index contributed by atoms with van der Waals surface area (Å²) in [5.74, 6) is 1.09. The predicted octanol–water partition coefficient (Wildman–Crippen LogP) is 6.01. The van der Waals surface area contributed by atoms with Crippen molar-refractivity contribution in [1.82, 2.24) is 0 Å². The lowest BCUT2D eigenvalue weighted by Gasteiger charge is -2.19. The molecule has 150 valence electrons. The molecule has 0 spiro atoms. The summed E-state index contributed by atoms with van der Waals surface area (Å²) in [4.78, 5) is 13.0. The zero-order valence-electron chi connectivity index (χ0n) is 16.9. The minimum absolute atomic E-state index is 0.0789. The summed E-state index contributed by atoms with van der Waals surface area (Å²) in [6.45, 7) is 2.09. The lowest BCUT2D eigenvalue weighted by Crippen LogP contribution is -2.17. The summed E-state index contributed by atoms with van der Waals surface area (Å²) in [5.41, 5.74) is 2.37. The standard InChI is InChI=1S/C26H28O3/c1-2-19(14-13-18-9-5-3-6-10-18)23-17-22(27)25(26(28)29-23)24(21-15-16-21)20-11-7-4-8-12-20/h3-12,17,19,21,24,27H,2,13-16H2,1H3. The van der Waals surface area contributed by atoms with E-state index in [0.717, 1.165) is 37.7 Å². The Morgan fingerprint density at radius 3 is 2.28 bits per heavy atom. The van der Waals surface area contributed by atoms with Crippen LogP contribution in [-0.2, 0) is 6.42 Å². The van der Waals surface area contributed by atoms with Crippen molar-refractivity contribution in [1.29, 1.82) is 0 Å². The third kappa shape index (κ3) is 4.45. The lowest BCUT2D eigenvalue weighted by atomic mass is 9.87. The zero-order chi connectivity index (χ0) is 20.2. The molecule has 2 aromatic carbocycles. The highest BCUT2D eigenvalue weighted by atomic mass is 16.4. The van der Waals surface area contributed by atoms with Gasteiger partial charge in [0.15, 0.2) is 0 Å². The van der Waals surface area contributed by atoms with Crippen LogP contribution in [0.25, 0.3) is 0 Å². The average molecular weight is 389 g/mol. The van der Waals surface area contributed by atoms with E-state index in [1.54, 1.807) is 6.07 Å². The van der Waals surface area contributed by atoms with Gasteiger partial charge in [0.05, 0.1) is 5.56 Å². The first-order valence-corrected chi connectivity index (χ1v) is 10.6. The Morgan fingerprint density at radius 2 is 1.69 bits per heavy atom. The maximum absolute atomic E-state index is 13.0. The Balaban J connectivity index is 1.61. The summed E-state index contributed by atoms with van der Waals surface area (Å²) in [7, 11) is 0. The highest BCUT2D eigenvalue weighted by molar-refractivity contribution is 5.41. The molecule has 2 atom stereocenters. The van der Waals surface area contributed by atoms with Crippen LogP contribution >= 0.6 is 0 Å². The van der Waals surface area contributed by atoms with E-state index in [-0.39, 0.29) is 23.2 Å². The number of aryl methyl sites for hydroxylation is 1. The molecule has 3 heteroatoms. The van der Waals surface area contributed by atoms with Gasteiger partial charge in [0.25, 0.3) is 0 Å².